The summed E-state index contributed by atoms with van der Waals surface area (Å²) in [6.07, 6.45) is 2.33. The first-order valence-corrected chi connectivity index (χ1v) is 8.84. The van der Waals surface area contributed by atoms with Crippen molar-refractivity contribution in [1.82, 2.24) is 10.2 Å². The lowest BCUT2D eigenvalue weighted by Crippen LogP contribution is -2.41. The Labute approximate surface area is 149 Å². The highest BCUT2D eigenvalue weighted by Gasteiger charge is 2.21. The number of hydrogen-bond donors (Lipinski definition) is 1. The van der Waals surface area contributed by atoms with E-state index >= 15 is 0 Å². The van der Waals surface area contributed by atoms with Crippen LogP contribution in [0.5, 0.6) is 5.75 Å². The monoisotopic (exact) mass is 348 g/mol. The molecule has 1 heterocycles. The molecule has 0 saturated carbocycles. The molecule has 1 N–H and O–H groups in total. The summed E-state index contributed by atoms with van der Waals surface area (Å²) >= 11 is 0. The third kappa shape index (κ3) is 6.38. The highest BCUT2D eigenvalue weighted by atomic mass is 16.5. The molecule has 1 fully saturated rings. The van der Waals surface area contributed by atoms with Crippen molar-refractivity contribution in [3.63, 3.8) is 0 Å². The molecule has 138 valence electrons. The van der Waals surface area contributed by atoms with E-state index in [-0.39, 0.29) is 17.7 Å². The van der Waals surface area contributed by atoms with Gasteiger partial charge in [0.1, 0.15) is 5.75 Å². The predicted octanol–water partition coefficient (Wildman–Crippen LogP) is 1.63. The highest BCUT2D eigenvalue weighted by Crippen LogP contribution is 2.14. The van der Waals surface area contributed by atoms with E-state index in [0.29, 0.717) is 32.8 Å². The van der Waals surface area contributed by atoms with Crippen molar-refractivity contribution in [1.29, 1.82) is 0 Å². The fourth-order valence-electron chi connectivity index (χ4n) is 2.90. The summed E-state index contributed by atoms with van der Waals surface area (Å²) < 4.78 is 10.4. The molecule has 0 bridgehead atoms. The van der Waals surface area contributed by atoms with Gasteiger partial charge in [0.25, 0.3) is 0 Å². The zero-order valence-corrected chi connectivity index (χ0v) is 15.1. The Morgan fingerprint density at radius 1 is 1.20 bits per heavy atom. The second kappa shape index (κ2) is 10.0. The molecule has 0 aromatic heterocycles. The van der Waals surface area contributed by atoms with Crippen LogP contribution in [0.4, 0.5) is 0 Å². The molecule has 6 heteroatoms. The first-order valence-electron chi connectivity index (χ1n) is 8.84. The van der Waals surface area contributed by atoms with Gasteiger partial charge < -0.3 is 19.7 Å². The molecule has 1 aliphatic heterocycles. The Morgan fingerprint density at radius 3 is 2.48 bits per heavy atom. The summed E-state index contributed by atoms with van der Waals surface area (Å²) in [6.45, 7) is 4.51. The van der Waals surface area contributed by atoms with E-state index in [1.54, 1.807) is 18.9 Å². The third-order valence-electron chi connectivity index (χ3n) is 4.55. The van der Waals surface area contributed by atoms with Crippen molar-refractivity contribution in [3.05, 3.63) is 29.8 Å². The molecular weight excluding hydrogens is 320 g/mol. The van der Waals surface area contributed by atoms with Crippen molar-refractivity contribution in [2.24, 2.45) is 5.92 Å². The number of amides is 2. The lowest BCUT2D eigenvalue weighted by molar-refractivity contribution is -0.131. The van der Waals surface area contributed by atoms with Gasteiger partial charge in [-0.15, -0.1) is 0 Å². The molecule has 1 aromatic rings. The zero-order chi connectivity index (χ0) is 18.1. The predicted molar refractivity (Wildman–Crippen MR) is 95.5 cm³/mol. The van der Waals surface area contributed by atoms with Gasteiger partial charge in [0.05, 0.1) is 7.11 Å². The van der Waals surface area contributed by atoms with Gasteiger partial charge in [0.2, 0.25) is 11.8 Å². The van der Waals surface area contributed by atoms with Gasteiger partial charge in [0.15, 0.2) is 0 Å². The van der Waals surface area contributed by atoms with Gasteiger partial charge in [-0.1, -0.05) is 12.1 Å². The second-order valence-corrected chi connectivity index (χ2v) is 6.28. The van der Waals surface area contributed by atoms with Gasteiger partial charge in [-0.2, -0.15) is 0 Å². The lowest BCUT2D eigenvalue weighted by atomic mass is 9.99. The quantitative estimate of drug-likeness (QED) is 0.775. The van der Waals surface area contributed by atoms with E-state index in [1.807, 2.05) is 24.3 Å². The van der Waals surface area contributed by atoms with Crippen molar-refractivity contribution in [3.8, 4) is 5.75 Å². The SMILES string of the molecule is COc1ccc(CCN(CCNC(=O)C2CCOCC2)C(C)=O)cc1. The van der Waals surface area contributed by atoms with Crippen LogP contribution in [0.3, 0.4) is 0 Å². The summed E-state index contributed by atoms with van der Waals surface area (Å²) in [4.78, 5) is 25.7. The van der Waals surface area contributed by atoms with E-state index in [2.05, 4.69) is 5.32 Å². The van der Waals surface area contributed by atoms with Gasteiger partial charge in [-0.05, 0) is 37.0 Å². The van der Waals surface area contributed by atoms with Crippen LogP contribution < -0.4 is 10.1 Å². The zero-order valence-electron chi connectivity index (χ0n) is 15.1. The fourth-order valence-corrected chi connectivity index (χ4v) is 2.90. The normalized spacial score (nSPS) is 14.8. The van der Waals surface area contributed by atoms with Gasteiger partial charge in [0, 0.05) is 45.7 Å². The number of rotatable bonds is 8. The van der Waals surface area contributed by atoms with Gasteiger partial charge in [-0.25, -0.2) is 0 Å². The molecule has 1 saturated heterocycles. The van der Waals surface area contributed by atoms with E-state index in [4.69, 9.17) is 9.47 Å². The standard InChI is InChI=1S/C19H28N2O4/c1-15(22)21(11-7-16-3-5-18(24-2)6-4-16)12-10-20-19(23)17-8-13-25-14-9-17/h3-6,17H,7-14H2,1-2H3,(H,20,23). The van der Waals surface area contributed by atoms with E-state index < -0.39 is 0 Å². The van der Waals surface area contributed by atoms with Crippen molar-refractivity contribution in [2.75, 3.05) is 40.0 Å². The van der Waals surface area contributed by atoms with Crippen molar-refractivity contribution >= 4 is 11.8 Å². The molecule has 1 aliphatic rings. The maximum Gasteiger partial charge on any atom is 0.223 e. The maximum atomic E-state index is 12.1. The molecule has 2 rings (SSSR count). The number of nitrogens with zero attached hydrogens (tertiary/aromatic N) is 1. The summed E-state index contributed by atoms with van der Waals surface area (Å²) in [6, 6.07) is 7.84. The number of methoxy groups -OCH3 is 1. The number of benzene rings is 1. The molecule has 0 radical (unpaired) electrons. The fraction of sp³-hybridized carbons (Fsp3) is 0.579. The summed E-state index contributed by atoms with van der Waals surface area (Å²) in [5, 5.41) is 2.95. The van der Waals surface area contributed by atoms with Gasteiger partial charge >= 0.3 is 0 Å². The molecule has 0 aliphatic carbocycles. The van der Waals surface area contributed by atoms with Crippen LogP contribution >= 0.6 is 0 Å². The van der Waals surface area contributed by atoms with Gasteiger partial charge in [-0.3, -0.25) is 9.59 Å². The van der Waals surface area contributed by atoms with E-state index in [0.717, 1.165) is 30.6 Å². The Balaban J connectivity index is 1.74. The minimum absolute atomic E-state index is 0.0221. The molecule has 2 amide bonds. The molecule has 1 aromatic carbocycles. The topological polar surface area (TPSA) is 67.9 Å². The molecule has 0 unspecified atom stereocenters. The second-order valence-electron chi connectivity index (χ2n) is 6.28. The molecule has 25 heavy (non-hydrogen) atoms. The molecule has 0 atom stereocenters. The Kier molecular flexibility index (Phi) is 7.73. The Bertz CT molecular complexity index is 553. The Hall–Kier alpha value is -2.08. The van der Waals surface area contributed by atoms with Crippen LogP contribution in [0.1, 0.15) is 25.3 Å². The molecule has 6 nitrogen and oxygen atoms in total. The van der Waals surface area contributed by atoms with Crippen LogP contribution in [-0.2, 0) is 20.7 Å². The first kappa shape index (κ1) is 19.2. The smallest absolute Gasteiger partial charge is 0.223 e. The van der Waals surface area contributed by atoms with Crippen LogP contribution in [0.25, 0.3) is 0 Å². The first-order chi connectivity index (χ1) is 12.1. The molecule has 0 spiro atoms. The van der Waals surface area contributed by atoms with Crippen LogP contribution in [-0.4, -0.2) is 56.7 Å². The summed E-state index contributed by atoms with van der Waals surface area (Å²) in [7, 11) is 1.64. The molecular formula is C19H28N2O4. The maximum absolute atomic E-state index is 12.1. The number of nitrogens with one attached hydrogen (secondary N) is 1. The average Bonchev–Trinajstić information content (AvgIpc) is 2.65. The minimum atomic E-state index is 0.0221. The largest absolute Gasteiger partial charge is 0.497 e. The number of hydrogen-bond acceptors (Lipinski definition) is 4. The van der Waals surface area contributed by atoms with Crippen LogP contribution in [0, 0.1) is 5.92 Å². The Morgan fingerprint density at radius 2 is 1.88 bits per heavy atom. The van der Waals surface area contributed by atoms with Crippen molar-refractivity contribution < 1.29 is 19.1 Å². The number of carbonyl (C=O) groups excluding carboxylic acids is 2. The van der Waals surface area contributed by atoms with E-state index in [1.165, 1.54) is 0 Å². The summed E-state index contributed by atoms with van der Waals surface area (Å²) in [5.74, 6) is 0.956. The van der Waals surface area contributed by atoms with Crippen LogP contribution in [0.2, 0.25) is 0 Å². The minimum Gasteiger partial charge on any atom is -0.497 e. The van der Waals surface area contributed by atoms with Crippen LogP contribution in [0.15, 0.2) is 24.3 Å². The van der Waals surface area contributed by atoms with E-state index in [9.17, 15) is 9.59 Å². The average molecular weight is 348 g/mol. The third-order valence-corrected chi connectivity index (χ3v) is 4.55. The van der Waals surface area contributed by atoms with Crippen molar-refractivity contribution in [2.45, 2.75) is 26.2 Å². The number of carbonyl (C=O) groups is 2. The highest BCUT2D eigenvalue weighted by molar-refractivity contribution is 5.78. The lowest BCUT2D eigenvalue weighted by Gasteiger charge is -2.24. The summed E-state index contributed by atoms with van der Waals surface area (Å²) in [5.41, 5.74) is 1.15. The number of ether oxygens (including phenoxy) is 2.